The lowest BCUT2D eigenvalue weighted by Crippen LogP contribution is -1.95. The molecule has 84 valence electrons. The van der Waals surface area contributed by atoms with E-state index in [-0.39, 0.29) is 5.97 Å². The maximum absolute atomic E-state index is 10.9. The van der Waals surface area contributed by atoms with Gasteiger partial charge in [0, 0.05) is 6.08 Å². The minimum Gasteiger partial charge on any atom is -0.458 e. The van der Waals surface area contributed by atoms with E-state index in [0.29, 0.717) is 12.5 Å². The first kappa shape index (κ1) is 10.9. The largest absolute Gasteiger partial charge is 0.458 e. The highest BCUT2D eigenvalue weighted by Crippen LogP contribution is 2.18. The van der Waals surface area contributed by atoms with E-state index >= 15 is 0 Å². The van der Waals surface area contributed by atoms with Gasteiger partial charge in [0.05, 0.1) is 0 Å². The fraction of sp³-hybridized carbons (Fsp3) is 0.357. The van der Waals surface area contributed by atoms with E-state index in [1.54, 1.807) is 6.08 Å². The van der Waals surface area contributed by atoms with Crippen LogP contribution in [0.1, 0.15) is 30.9 Å². The van der Waals surface area contributed by atoms with Crippen LogP contribution in [0, 0.1) is 0 Å². The minimum atomic E-state index is -0.214. The molecule has 1 aliphatic heterocycles. The second-order valence-corrected chi connectivity index (χ2v) is 4.48. The molecule has 2 rings (SSSR count). The maximum Gasteiger partial charge on any atom is 0.331 e. The van der Waals surface area contributed by atoms with Crippen LogP contribution in [-0.2, 0) is 16.0 Å². The summed E-state index contributed by atoms with van der Waals surface area (Å²) < 4.78 is 4.87. The first-order chi connectivity index (χ1) is 7.65. The zero-order chi connectivity index (χ0) is 11.5. The summed E-state index contributed by atoms with van der Waals surface area (Å²) in [4.78, 5) is 10.9. The first-order valence-corrected chi connectivity index (χ1v) is 5.60. The summed E-state index contributed by atoms with van der Waals surface area (Å²) in [5.41, 5.74) is 3.63. The molecular weight excluding hydrogens is 200 g/mol. The van der Waals surface area contributed by atoms with Crippen molar-refractivity contribution in [3.63, 3.8) is 0 Å². The molecule has 0 spiro atoms. The van der Waals surface area contributed by atoms with Gasteiger partial charge in [-0.1, -0.05) is 38.1 Å². The Bertz CT molecular complexity index is 413. The fourth-order valence-corrected chi connectivity index (χ4v) is 1.80. The van der Waals surface area contributed by atoms with Crippen LogP contribution < -0.4 is 0 Å². The molecule has 0 saturated carbocycles. The van der Waals surface area contributed by atoms with Crippen LogP contribution >= 0.6 is 0 Å². The second-order valence-electron chi connectivity index (χ2n) is 4.48. The van der Waals surface area contributed by atoms with Gasteiger partial charge in [-0.05, 0) is 29.0 Å². The molecule has 0 atom stereocenters. The van der Waals surface area contributed by atoms with Gasteiger partial charge in [-0.25, -0.2) is 4.79 Å². The van der Waals surface area contributed by atoms with Gasteiger partial charge in [0.15, 0.2) is 0 Å². The number of benzene rings is 1. The van der Waals surface area contributed by atoms with Crippen LogP contribution in [0.2, 0.25) is 0 Å². The third-order valence-electron chi connectivity index (χ3n) is 2.80. The van der Waals surface area contributed by atoms with Crippen molar-refractivity contribution in [1.82, 2.24) is 0 Å². The Labute approximate surface area is 95.9 Å². The zero-order valence-electron chi connectivity index (χ0n) is 9.69. The first-order valence-electron chi connectivity index (χ1n) is 5.60. The molecule has 0 fully saturated rings. The van der Waals surface area contributed by atoms with E-state index in [4.69, 9.17) is 4.74 Å². The summed E-state index contributed by atoms with van der Waals surface area (Å²) in [5, 5.41) is 0. The Kier molecular flexibility index (Phi) is 3.09. The van der Waals surface area contributed by atoms with Crippen molar-refractivity contribution in [2.45, 2.75) is 26.2 Å². The molecule has 0 radical (unpaired) electrons. The Hall–Kier alpha value is -1.57. The van der Waals surface area contributed by atoms with Crippen LogP contribution in [0.5, 0.6) is 0 Å². The summed E-state index contributed by atoms with van der Waals surface area (Å²) in [6.07, 6.45) is 2.40. The van der Waals surface area contributed by atoms with Crippen molar-refractivity contribution < 1.29 is 9.53 Å². The number of rotatable bonds is 3. The number of ether oxygens (including phenoxy) is 1. The monoisotopic (exact) mass is 216 g/mol. The lowest BCUT2D eigenvalue weighted by Gasteiger charge is -2.06. The molecule has 1 aliphatic rings. The van der Waals surface area contributed by atoms with E-state index in [2.05, 4.69) is 38.1 Å². The molecule has 0 saturated heterocycles. The highest BCUT2D eigenvalue weighted by Gasteiger charge is 2.12. The van der Waals surface area contributed by atoms with E-state index in [0.717, 1.165) is 12.0 Å². The molecule has 0 aromatic heterocycles. The zero-order valence-corrected chi connectivity index (χ0v) is 9.69. The molecule has 1 aromatic carbocycles. The van der Waals surface area contributed by atoms with E-state index in [1.165, 1.54) is 11.1 Å². The van der Waals surface area contributed by atoms with Gasteiger partial charge in [0.2, 0.25) is 0 Å². The van der Waals surface area contributed by atoms with Crippen molar-refractivity contribution in [3.05, 3.63) is 47.0 Å². The number of esters is 1. The van der Waals surface area contributed by atoms with Crippen molar-refractivity contribution in [1.29, 1.82) is 0 Å². The summed E-state index contributed by atoms with van der Waals surface area (Å²) in [6, 6.07) is 8.55. The topological polar surface area (TPSA) is 26.3 Å². The van der Waals surface area contributed by atoms with Gasteiger partial charge in [-0.2, -0.15) is 0 Å². The summed E-state index contributed by atoms with van der Waals surface area (Å²) in [5.74, 6) is 0.346. The minimum absolute atomic E-state index is 0.214. The Morgan fingerprint density at radius 3 is 2.44 bits per heavy atom. The third kappa shape index (κ3) is 2.51. The molecule has 2 nitrogen and oxygen atoms in total. The fourth-order valence-electron chi connectivity index (χ4n) is 1.80. The average Bonchev–Trinajstić information content (AvgIpc) is 2.65. The number of cyclic esters (lactones) is 1. The van der Waals surface area contributed by atoms with Crippen molar-refractivity contribution >= 4 is 5.97 Å². The molecule has 0 N–H and O–H groups in total. The highest BCUT2D eigenvalue weighted by molar-refractivity contribution is 5.85. The Morgan fingerprint density at radius 2 is 1.94 bits per heavy atom. The maximum atomic E-state index is 10.9. The van der Waals surface area contributed by atoms with E-state index in [1.807, 2.05) is 0 Å². The van der Waals surface area contributed by atoms with Crippen LogP contribution in [0.15, 0.2) is 35.9 Å². The van der Waals surface area contributed by atoms with Crippen molar-refractivity contribution in [3.8, 4) is 0 Å². The molecule has 0 amide bonds. The lowest BCUT2D eigenvalue weighted by atomic mass is 9.99. The SMILES string of the molecule is CC(C)c1ccc(CC2=CC(=O)OC2)cc1. The summed E-state index contributed by atoms with van der Waals surface area (Å²) in [6.45, 7) is 4.81. The van der Waals surface area contributed by atoms with Crippen LogP contribution in [0.4, 0.5) is 0 Å². The smallest absolute Gasteiger partial charge is 0.331 e. The van der Waals surface area contributed by atoms with Crippen molar-refractivity contribution in [2.75, 3.05) is 6.61 Å². The van der Waals surface area contributed by atoms with Gasteiger partial charge in [-0.3, -0.25) is 0 Å². The molecule has 0 unspecified atom stereocenters. The van der Waals surface area contributed by atoms with Gasteiger partial charge in [-0.15, -0.1) is 0 Å². The normalized spacial score (nSPS) is 15.2. The highest BCUT2D eigenvalue weighted by atomic mass is 16.5. The van der Waals surface area contributed by atoms with Crippen molar-refractivity contribution in [2.24, 2.45) is 0 Å². The van der Waals surface area contributed by atoms with Gasteiger partial charge in [0.1, 0.15) is 6.61 Å². The molecule has 1 aromatic rings. The summed E-state index contributed by atoms with van der Waals surface area (Å²) >= 11 is 0. The molecule has 1 heterocycles. The number of hydrogen-bond donors (Lipinski definition) is 0. The number of hydrogen-bond acceptors (Lipinski definition) is 2. The third-order valence-corrected chi connectivity index (χ3v) is 2.80. The standard InChI is InChI=1S/C14H16O2/c1-10(2)13-5-3-11(4-6-13)7-12-8-14(15)16-9-12/h3-6,8,10H,7,9H2,1-2H3. The molecule has 2 heteroatoms. The summed E-state index contributed by atoms with van der Waals surface area (Å²) in [7, 11) is 0. The molecular formula is C14H16O2. The van der Waals surface area contributed by atoms with Gasteiger partial charge in [0.25, 0.3) is 0 Å². The number of carbonyl (C=O) groups excluding carboxylic acids is 1. The quantitative estimate of drug-likeness (QED) is 0.726. The molecule has 16 heavy (non-hydrogen) atoms. The molecule has 0 aliphatic carbocycles. The van der Waals surface area contributed by atoms with Gasteiger partial charge < -0.3 is 4.74 Å². The van der Waals surface area contributed by atoms with Crippen LogP contribution in [0.25, 0.3) is 0 Å². The second kappa shape index (κ2) is 4.52. The van der Waals surface area contributed by atoms with E-state index < -0.39 is 0 Å². The predicted molar refractivity (Wildman–Crippen MR) is 63.3 cm³/mol. The average molecular weight is 216 g/mol. The van der Waals surface area contributed by atoms with Crippen LogP contribution in [0.3, 0.4) is 0 Å². The Balaban J connectivity index is 2.05. The lowest BCUT2D eigenvalue weighted by molar-refractivity contribution is -0.134. The van der Waals surface area contributed by atoms with Gasteiger partial charge >= 0.3 is 5.97 Å². The van der Waals surface area contributed by atoms with Crippen LogP contribution in [-0.4, -0.2) is 12.6 Å². The van der Waals surface area contributed by atoms with E-state index in [9.17, 15) is 4.79 Å². The molecule has 0 bridgehead atoms. The Morgan fingerprint density at radius 1 is 1.25 bits per heavy atom. The number of carbonyl (C=O) groups is 1. The predicted octanol–water partition coefficient (Wildman–Crippen LogP) is 2.84.